The maximum atomic E-state index is 12.9. The van der Waals surface area contributed by atoms with E-state index in [1.165, 1.54) is 24.9 Å². The lowest BCUT2D eigenvalue weighted by molar-refractivity contribution is -0.0124. The first kappa shape index (κ1) is 23.4. The monoisotopic (exact) mass is 489 g/mol. The van der Waals surface area contributed by atoms with Crippen molar-refractivity contribution in [1.29, 1.82) is 0 Å². The van der Waals surface area contributed by atoms with E-state index in [1.54, 1.807) is 13.0 Å². The molecule has 2 N–H and O–H groups in total. The van der Waals surface area contributed by atoms with E-state index in [1.807, 2.05) is 29.0 Å². The third kappa shape index (κ3) is 4.72. The van der Waals surface area contributed by atoms with Gasteiger partial charge in [0.2, 0.25) is 5.95 Å². The number of aliphatic hydroxyl groups excluding tert-OH is 1. The van der Waals surface area contributed by atoms with Crippen molar-refractivity contribution >= 4 is 28.4 Å². The van der Waals surface area contributed by atoms with E-state index in [2.05, 4.69) is 27.3 Å². The van der Waals surface area contributed by atoms with Crippen LogP contribution in [0.5, 0.6) is 0 Å². The highest BCUT2D eigenvalue weighted by atomic mass is 16.5. The minimum absolute atomic E-state index is 0.0362. The second-order valence-electron chi connectivity index (χ2n) is 10.8. The molecule has 3 aliphatic rings. The van der Waals surface area contributed by atoms with Crippen LogP contribution in [0.4, 0.5) is 17.3 Å². The largest absolute Gasteiger partial charge is 0.391 e. The molecule has 3 aromatic rings. The van der Waals surface area contributed by atoms with Gasteiger partial charge in [0, 0.05) is 48.2 Å². The lowest BCUT2D eigenvalue weighted by atomic mass is 9.95. The Bertz CT molecular complexity index is 1270. The zero-order valence-corrected chi connectivity index (χ0v) is 20.8. The zero-order valence-electron chi connectivity index (χ0n) is 20.8. The summed E-state index contributed by atoms with van der Waals surface area (Å²) in [4.78, 5) is 24.6. The van der Waals surface area contributed by atoms with Crippen molar-refractivity contribution in [2.75, 3.05) is 29.9 Å². The molecule has 8 heteroatoms. The Morgan fingerprint density at radius 2 is 1.89 bits per heavy atom. The molecular weight excluding hydrogens is 454 g/mol. The lowest BCUT2D eigenvalue weighted by Gasteiger charge is -2.33. The van der Waals surface area contributed by atoms with Gasteiger partial charge in [0.25, 0.3) is 5.56 Å². The highest BCUT2D eigenvalue weighted by Gasteiger charge is 2.41. The van der Waals surface area contributed by atoms with E-state index in [0.29, 0.717) is 18.5 Å². The van der Waals surface area contributed by atoms with Crippen LogP contribution in [0.2, 0.25) is 0 Å². The van der Waals surface area contributed by atoms with E-state index in [4.69, 9.17) is 9.72 Å². The quantitative estimate of drug-likeness (QED) is 0.512. The van der Waals surface area contributed by atoms with Gasteiger partial charge in [-0.2, -0.15) is 4.98 Å². The minimum atomic E-state index is -0.417. The van der Waals surface area contributed by atoms with E-state index >= 15 is 0 Å². The molecule has 6 rings (SSSR count). The number of pyridine rings is 1. The van der Waals surface area contributed by atoms with Crippen LogP contribution in [0.1, 0.15) is 51.5 Å². The van der Waals surface area contributed by atoms with E-state index in [-0.39, 0.29) is 17.7 Å². The second-order valence-corrected chi connectivity index (χ2v) is 10.8. The van der Waals surface area contributed by atoms with E-state index < -0.39 is 6.10 Å². The number of ether oxygens (including phenoxy) is 1. The summed E-state index contributed by atoms with van der Waals surface area (Å²) in [6.45, 7) is 4.03. The number of hydrogen-bond acceptors (Lipinski definition) is 7. The summed E-state index contributed by atoms with van der Waals surface area (Å²) in [5.41, 5.74) is 2.86. The number of aromatic nitrogens is 3. The van der Waals surface area contributed by atoms with Gasteiger partial charge < -0.3 is 20.1 Å². The molecule has 3 fully saturated rings. The molecule has 1 aromatic carbocycles. The Balaban J connectivity index is 1.15. The molecule has 2 saturated carbocycles. The first-order valence-corrected chi connectivity index (χ1v) is 13.3. The Morgan fingerprint density at radius 1 is 1.08 bits per heavy atom. The SMILES string of the molecule is CC(O)COC1CCN(c2ccc(Nc3ncc4ccc(=O)n([C@@H]5CC6CCC5C6)c4n3)cc2)CC1. The third-order valence-corrected chi connectivity index (χ3v) is 8.20. The fraction of sp³-hybridized carbons (Fsp3) is 0.536. The van der Waals surface area contributed by atoms with Gasteiger partial charge in [-0.15, -0.1) is 0 Å². The summed E-state index contributed by atoms with van der Waals surface area (Å²) in [5.74, 6) is 1.85. The van der Waals surface area contributed by atoms with Gasteiger partial charge in [-0.1, -0.05) is 6.42 Å². The summed E-state index contributed by atoms with van der Waals surface area (Å²) in [7, 11) is 0. The zero-order chi connectivity index (χ0) is 24.6. The number of fused-ring (bicyclic) bond motifs is 3. The average molecular weight is 490 g/mol. The Morgan fingerprint density at radius 3 is 2.58 bits per heavy atom. The molecule has 1 aliphatic heterocycles. The molecule has 2 bridgehead atoms. The molecular formula is C28H35N5O3. The molecule has 8 nitrogen and oxygen atoms in total. The molecule has 4 atom stereocenters. The number of piperidine rings is 1. The predicted octanol–water partition coefficient (Wildman–Crippen LogP) is 4.26. The Hall–Kier alpha value is -2.97. The number of hydrogen-bond donors (Lipinski definition) is 2. The molecule has 36 heavy (non-hydrogen) atoms. The van der Waals surface area contributed by atoms with Gasteiger partial charge in [0.05, 0.1) is 18.8 Å². The molecule has 1 saturated heterocycles. The highest BCUT2D eigenvalue weighted by Crippen LogP contribution is 2.50. The van der Waals surface area contributed by atoms with Crippen LogP contribution in [0.25, 0.3) is 11.0 Å². The first-order valence-electron chi connectivity index (χ1n) is 13.3. The Kier molecular flexibility index (Phi) is 6.39. The first-order chi connectivity index (χ1) is 17.5. The molecule has 2 aliphatic carbocycles. The number of nitrogens with one attached hydrogen (secondary N) is 1. The minimum Gasteiger partial charge on any atom is -0.391 e. The number of benzene rings is 1. The van der Waals surface area contributed by atoms with Crippen molar-refractivity contribution < 1.29 is 9.84 Å². The van der Waals surface area contributed by atoms with Crippen molar-refractivity contribution in [3.63, 3.8) is 0 Å². The standard InChI is InChI=1S/C28H35N5O3/c1-18(34)17-36-24-10-12-32(13-11-24)23-7-5-22(6-8-23)30-28-29-16-21-4-9-26(35)33(27(21)31-28)25-15-19-2-3-20(25)14-19/h4-9,16,18-20,24-25,34H,2-3,10-15,17H2,1H3,(H,29,30,31)/t18?,19?,20?,25-/m1/s1. The number of anilines is 3. The highest BCUT2D eigenvalue weighted by molar-refractivity contribution is 5.76. The average Bonchev–Trinajstić information content (AvgIpc) is 3.52. The summed E-state index contributed by atoms with van der Waals surface area (Å²) in [6.07, 6.45) is 8.37. The molecule has 3 unspecified atom stereocenters. The van der Waals surface area contributed by atoms with Crippen molar-refractivity contribution in [3.8, 4) is 0 Å². The van der Waals surface area contributed by atoms with Crippen LogP contribution in [0, 0.1) is 11.8 Å². The van der Waals surface area contributed by atoms with Crippen molar-refractivity contribution in [1.82, 2.24) is 14.5 Å². The summed E-state index contributed by atoms with van der Waals surface area (Å²) < 4.78 is 7.72. The summed E-state index contributed by atoms with van der Waals surface area (Å²) in [6, 6.07) is 12.1. The molecule has 0 radical (unpaired) electrons. The summed E-state index contributed by atoms with van der Waals surface area (Å²) >= 11 is 0. The van der Waals surface area contributed by atoms with Crippen LogP contribution in [0.15, 0.2) is 47.4 Å². The van der Waals surface area contributed by atoms with Gasteiger partial charge in [0.1, 0.15) is 5.65 Å². The number of rotatable bonds is 7. The molecule has 0 amide bonds. The molecule has 190 valence electrons. The van der Waals surface area contributed by atoms with Crippen molar-refractivity contribution in [3.05, 3.63) is 52.9 Å². The fourth-order valence-electron chi connectivity index (χ4n) is 6.39. The second kappa shape index (κ2) is 9.82. The fourth-order valence-corrected chi connectivity index (χ4v) is 6.39. The molecule has 3 heterocycles. The van der Waals surface area contributed by atoms with Crippen LogP contribution in [0.3, 0.4) is 0 Å². The Labute approximate surface area is 211 Å². The topological polar surface area (TPSA) is 92.5 Å². The van der Waals surface area contributed by atoms with E-state index in [0.717, 1.165) is 55.0 Å². The van der Waals surface area contributed by atoms with E-state index in [9.17, 15) is 9.90 Å². The van der Waals surface area contributed by atoms with Gasteiger partial charge in [0.15, 0.2) is 0 Å². The normalized spacial score (nSPS) is 24.9. The smallest absolute Gasteiger partial charge is 0.252 e. The van der Waals surface area contributed by atoms with Crippen LogP contribution in [-0.2, 0) is 4.74 Å². The lowest BCUT2D eigenvalue weighted by Crippen LogP contribution is -2.37. The maximum absolute atomic E-state index is 12.9. The van der Waals surface area contributed by atoms with Crippen LogP contribution in [-0.4, -0.2) is 51.5 Å². The molecule has 2 aromatic heterocycles. The number of nitrogens with zero attached hydrogens (tertiary/aromatic N) is 4. The van der Waals surface area contributed by atoms with Crippen LogP contribution >= 0.6 is 0 Å². The van der Waals surface area contributed by atoms with Gasteiger partial charge in [-0.3, -0.25) is 9.36 Å². The van der Waals surface area contributed by atoms with Crippen molar-refractivity contribution in [2.24, 2.45) is 11.8 Å². The molecule has 0 spiro atoms. The van der Waals surface area contributed by atoms with Crippen molar-refractivity contribution in [2.45, 2.75) is 63.7 Å². The maximum Gasteiger partial charge on any atom is 0.252 e. The number of aliphatic hydroxyl groups is 1. The van der Waals surface area contributed by atoms with Gasteiger partial charge in [-0.05, 0) is 81.2 Å². The van der Waals surface area contributed by atoms with Gasteiger partial charge in [-0.25, -0.2) is 4.98 Å². The summed E-state index contributed by atoms with van der Waals surface area (Å²) in [5, 5.41) is 13.7. The van der Waals surface area contributed by atoms with Gasteiger partial charge >= 0.3 is 0 Å². The van der Waals surface area contributed by atoms with Crippen LogP contribution < -0.4 is 15.8 Å². The predicted molar refractivity (Wildman–Crippen MR) is 141 cm³/mol. The third-order valence-electron chi connectivity index (χ3n) is 8.20.